The van der Waals surface area contributed by atoms with Crippen LogP contribution in [-0.4, -0.2) is 36.6 Å². The van der Waals surface area contributed by atoms with Gasteiger partial charge in [0.1, 0.15) is 0 Å². The van der Waals surface area contributed by atoms with Gasteiger partial charge in [0, 0.05) is 19.6 Å². The maximum Gasteiger partial charge on any atom is 0.338 e. The molecule has 0 saturated heterocycles. The summed E-state index contributed by atoms with van der Waals surface area (Å²) < 4.78 is 11.0. The number of hydrogen-bond acceptors (Lipinski definition) is 5. The zero-order valence-corrected chi connectivity index (χ0v) is 20.7. The second-order valence-electron chi connectivity index (χ2n) is 8.90. The average Bonchev–Trinajstić information content (AvgIpc) is 3.05. The van der Waals surface area contributed by atoms with E-state index < -0.39 is 0 Å². The van der Waals surface area contributed by atoms with Gasteiger partial charge in [-0.2, -0.15) is 0 Å². The molecule has 36 heavy (non-hydrogen) atoms. The number of nitrogens with zero attached hydrogens (tertiary/aromatic N) is 1. The van der Waals surface area contributed by atoms with E-state index in [1.165, 1.54) is 0 Å². The van der Waals surface area contributed by atoms with E-state index in [-0.39, 0.29) is 11.9 Å². The minimum Gasteiger partial charge on any atom is -0.462 e. The second-order valence-corrected chi connectivity index (χ2v) is 8.90. The summed E-state index contributed by atoms with van der Waals surface area (Å²) in [5.74, 6) is -0.681. The monoisotopic (exact) mass is 479 g/mol. The van der Waals surface area contributed by atoms with E-state index in [1.54, 1.807) is 0 Å². The molecule has 0 bridgehead atoms. The van der Waals surface area contributed by atoms with Gasteiger partial charge in [-0.25, -0.2) is 9.59 Å². The van der Waals surface area contributed by atoms with Gasteiger partial charge in [0.2, 0.25) is 0 Å². The molecule has 0 atom stereocenters. The van der Waals surface area contributed by atoms with Crippen molar-refractivity contribution in [1.82, 2.24) is 4.90 Å². The number of carbonyl (C=O) groups excluding carboxylic acids is 2. The lowest BCUT2D eigenvalue weighted by molar-refractivity contribution is 0.0516. The maximum atomic E-state index is 13.2. The topological polar surface area (TPSA) is 55.8 Å². The van der Waals surface area contributed by atoms with Crippen LogP contribution in [0.5, 0.6) is 0 Å². The van der Waals surface area contributed by atoms with Crippen molar-refractivity contribution < 1.29 is 19.1 Å². The Morgan fingerprint density at radius 3 is 1.67 bits per heavy atom. The predicted octanol–water partition coefficient (Wildman–Crippen LogP) is 6.52. The Labute approximate surface area is 210 Å². The van der Waals surface area contributed by atoms with Crippen LogP contribution in [0.25, 0.3) is 32.7 Å². The molecule has 182 valence electrons. The average molecular weight is 480 g/mol. The van der Waals surface area contributed by atoms with E-state index in [4.69, 9.17) is 9.47 Å². The Morgan fingerprint density at radius 1 is 0.806 bits per heavy atom. The smallest absolute Gasteiger partial charge is 0.338 e. The van der Waals surface area contributed by atoms with Crippen LogP contribution in [0.15, 0.2) is 73.3 Å². The van der Waals surface area contributed by atoms with Crippen LogP contribution in [0.3, 0.4) is 0 Å². The molecule has 0 aliphatic carbocycles. The van der Waals surface area contributed by atoms with Crippen LogP contribution in [0.2, 0.25) is 0 Å². The Kier molecular flexibility index (Phi) is 6.57. The van der Waals surface area contributed by atoms with Crippen LogP contribution in [0.1, 0.15) is 45.7 Å². The summed E-state index contributed by atoms with van der Waals surface area (Å²) in [6, 6.07) is 20.0. The zero-order valence-electron chi connectivity index (χ0n) is 20.7. The second kappa shape index (κ2) is 9.96. The molecule has 0 unspecified atom stereocenters. The number of benzene rings is 4. The molecule has 5 heteroatoms. The van der Waals surface area contributed by atoms with Gasteiger partial charge >= 0.3 is 11.9 Å². The van der Waals surface area contributed by atoms with Crippen LogP contribution >= 0.6 is 0 Å². The molecular weight excluding hydrogens is 450 g/mol. The summed E-state index contributed by atoms with van der Waals surface area (Å²) in [4.78, 5) is 28.7. The maximum absolute atomic E-state index is 13.2. The van der Waals surface area contributed by atoms with Crippen LogP contribution in [0, 0.1) is 0 Å². The van der Waals surface area contributed by atoms with Gasteiger partial charge in [-0.05, 0) is 69.8 Å². The van der Waals surface area contributed by atoms with Crippen LogP contribution < -0.4 is 0 Å². The van der Waals surface area contributed by atoms with Crippen molar-refractivity contribution in [1.29, 1.82) is 0 Å². The first kappa shape index (κ1) is 23.8. The van der Waals surface area contributed by atoms with E-state index in [1.807, 2.05) is 68.5 Å². The standard InChI is InChI=1S/C31H29NO4/c1-4-15-32-18-26-24(30(33)35-5-2)16-20-11-7-9-13-22(20)28(26)29-23-14-10-8-12-21(23)17-25(27(29)19-32)31(34)36-6-3/h4,7-14,16-17H,1,5-6,15,18-19H2,2-3H3. The zero-order chi connectivity index (χ0) is 25.2. The lowest BCUT2D eigenvalue weighted by atomic mass is 9.84. The number of fused-ring (bicyclic) bond motifs is 7. The summed E-state index contributed by atoms with van der Waals surface area (Å²) in [5.41, 5.74) is 4.86. The minimum absolute atomic E-state index is 0.295. The van der Waals surface area contributed by atoms with Gasteiger partial charge in [0.05, 0.1) is 24.3 Å². The number of rotatable bonds is 6. The molecule has 0 amide bonds. The fourth-order valence-corrected chi connectivity index (χ4v) is 5.28. The normalized spacial score (nSPS) is 13.1. The summed E-state index contributed by atoms with van der Waals surface area (Å²) in [6.07, 6.45) is 1.85. The lowest BCUT2D eigenvalue weighted by Crippen LogP contribution is -2.24. The van der Waals surface area contributed by atoms with Gasteiger partial charge in [0.25, 0.3) is 0 Å². The summed E-state index contributed by atoms with van der Waals surface area (Å²) in [5, 5.41) is 3.97. The number of hydrogen-bond donors (Lipinski definition) is 0. The Bertz CT molecular complexity index is 1390. The molecule has 1 heterocycles. The third-order valence-electron chi connectivity index (χ3n) is 6.71. The number of carbonyl (C=O) groups is 2. The fourth-order valence-electron chi connectivity index (χ4n) is 5.28. The fraction of sp³-hybridized carbons (Fsp3) is 0.226. The molecule has 0 radical (unpaired) electrons. The van der Waals surface area contributed by atoms with E-state index in [0.717, 1.165) is 43.8 Å². The Morgan fingerprint density at radius 2 is 1.25 bits per heavy atom. The molecule has 0 saturated carbocycles. The van der Waals surface area contributed by atoms with Gasteiger partial charge in [-0.15, -0.1) is 6.58 Å². The van der Waals surface area contributed by atoms with Crippen molar-refractivity contribution >= 4 is 33.5 Å². The van der Waals surface area contributed by atoms with Crippen molar-refractivity contribution in [3.05, 3.63) is 95.6 Å². The highest BCUT2D eigenvalue weighted by atomic mass is 16.5. The van der Waals surface area contributed by atoms with E-state index >= 15 is 0 Å². The van der Waals surface area contributed by atoms with Crippen molar-refractivity contribution in [2.24, 2.45) is 0 Å². The third kappa shape index (κ3) is 4.06. The molecular formula is C31H29NO4. The first-order chi connectivity index (χ1) is 17.6. The highest BCUT2D eigenvalue weighted by Crippen LogP contribution is 2.45. The van der Waals surface area contributed by atoms with Crippen molar-refractivity contribution in [2.75, 3.05) is 19.8 Å². The largest absolute Gasteiger partial charge is 0.462 e. The van der Waals surface area contributed by atoms with Gasteiger partial charge in [0.15, 0.2) is 0 Å². The number of esters is 2. The quantitative estimate of drug-likeness (QED) is 0.233. The van der Waals surface area contributed by atoms with E-state index in [9.17, 15) is 9.59 Å². The number of ether oxygens (including phenoxy) is 2. The molecule has 1 aliphatic heterocycles. The molecule has 5 rings (SSSR count). The van der Waals surface area contributed by atoms with Crippen LogP contribution in [-0.2, 0) is 22.6 Å². The molecule has 0 spiro atoms. The van der Waals surface area contributed by atoms with Gasteiger partial charge in [-0.3, -0.25) is 4.90 Å². The Hall–Kier alpha value is -3.96. The van der Waals surface area contributed by atoms with Crippen molar-refractivity contribution in [2.45, 2.75) is 26.9 Å². The summed E-state index contributed by atoms with van der Waals surface area (Å²) in [6.45, 7) is 9.81. The van der Waals surface area contributed by atoms with Crippen LogP contribution in [0.4, 0.5) is 0 Å². The molecule has 5 nitrogen and oxygen atoms in total. The van der Waals surface area contributed by atoms with E-state index in [2.05, 4.69) is 23.6 Å². The SMILES string of the molecule is C=CCN1Cc2c(C(=O)OCC)cc3ccccc3c2-c2c(c(C(=O)OCC)cc3ccccc23)C1. The first-order valence-electron chi connectivity index (χ1n) is 12.3. The molecule has 0 N–H and O–H groups in total. The molecule has 4 aromatic carbocycles. The third-order valence-corrected chi connectivity index (χ3v) is 6.71. The summed E-state index contributed by atoms with van der Waals surface area (Å²) >= 11 is 0. The first-order valence-corrected chi connectivity index (χ1v) is 12.3. The highest BCUT2D eigenvalue weighted by Gasteiger charge is 2.30. The molecule has 0 fully saturated rings. The molecule has 1 aliphatic rings. The predicted molar refractivity (Wildman–Crippen MR) is 143 cm³/mol. The van der Waals surface area contributed by atoms with Gasteiger partial charge < -0.3 is 9.47 Å². The molecule has 4 aromatic rings. The minimum atomic E-state index is -0.340. The van der Waals surface area contributed by atoms with Crippen molar-refractivity contribution in [3.8, 4) is 11.1 Å². The van der Waals surface area contributed by atoms with Gasteiger partial charge in [-0.1, -0.05) is 54.6 Å². The summed E-state index contributed by atoms with van der Waals surface area (Å²) in [7, 11) is 0. The van der Waals surface area contributed by atoms with E-state index in [0.29, 0.717) is 44.0 Å². The Balaban J connectivity index is 1.97. The van der Waals surface area contributed by atoms with Crippen molar-refractivity contribution in [3.63, 3.8) is 0 Å². The highest BCUT2D eigenvalue weighted by molar-refractivity contribution is 6.13. The molecule has 0 aromatic heterocycles. The lowest BCUT2D eigenvalue weighted by Gasteiger charge is -2.21.